The fourth-order valence-electron chi connectivity index (χ4n) is 2.18. The molecule has 0 aromatic heterocycles. The second kappa shape index (κ2) is 7.11. The van der Waals surface area contributed by atoms with E-state index in [1.54, 1.807) is 0 Å². The van der Waals surface area contributed by atoms with Gasteiger partial charge >= 0.3 is 0 Å². The average molecular weight is 308 g/mol. The molecule has 4 heteroatoms. The third-order valence-electron chi connectivity index (χ3n) is 3.39. The smallest absolute Gasteiger partial charge is 0.258 e. The van der Waals surface area contributed by atoms with Crippen molar-refractivity contribution < 1.29 is 9.47 Å². The van der Waals surface area contributed by atoms with Gasteiger partial charge in [0, 0.05) is 6.54 Å². The van der Waals surface area contributed by atoms with Crippen LogP contribution >= 0.6 is 0 Å². The Balaban J connectivity index is 1.89. The quantitative estimate of drug-likeness (QED) is 0.863. The topological polar surface area (TPSA) is 34.1 Å². The van der Waals surface area contributed by atoms with Gasteiger partial charge in [-0.2, -0.15) is 0 Å². The number of fused-ring (bicyclic) bond motifs is 1. The monoisotopic (exact) mass is 308 g/mol. The summed E-state index contributed by atoms with van der Waals surface area (Å²) in [4.78, 5) is 6.67. The Bertz CT molecular complexity index is 721. The highest BCUT2D eigenvalue weighted by molar-refractivity contribution is 5.99. The molecule has 1 aliphatic heterocycles. The summed E-state index contributed by atoms with van der Waals surface area (Å²) in [5.41, 5.74) is 1.84. The van der Waals surface area contributed by atoms with Crippen molar-refractivity contribution in [3.63, 3.8) is 0 Å². The zero-order chi connectivity index (χ0) is 16.1. The molecule has 4 nitrogen and oxygen atoms in total. The van der Waals surface area contributed by atoms with Gasteiger partial charge in [0.15, 0.2) is 11.5 Å². The van der Waals surface area contributed by atoms with E-state index in [1.807, 2.05) is 74.8 Å². The number of rotatable bonds is 4. The van der Waals surface area contributed by atoms with E-state index in [-0.39, 0.29) is 0 Å². The number of benzene rings is 2. The van der Waals surface area contributed by atoms with Crippen LogP contribution in [0.15, 0.2) is 65.3 Å². The van der Waals surface area contributed by atoms with E-state index in [0.717, 1.165) is 23.5 Å². The molecule has 0 fully saturated rings. The van der Waals surface area contributed by atoms with Crippen LogP contribution in [0.3, 0.4) is 0 Å². The maximum atomic E-state index is 6.00. The second-order valence-corrected chi connectivity index (χ2v) is 5.56. The molecule has 0 atom stereocenters. The molecule has 23 heavy (non-hydrogen) atoms. The number of hydrogen-bond acceptors (Lipinski definition) is 4. The van der Waals surface area contributed by atoms with E-state index in [1.165, 1.54) is 0 Å². The lowest BCUT2D eigenvalue weighted by atomic mass is 10.2. The van der Waals surface area contributed by atoms with Crippen LogP contribution in [-0.4, -0.2) is 38.0 Å². The molecule has 0 saturated carbocycles. The van der Waals surface area contributed by atoms with Gasteiger partial charge in [0.25, 0.3) is 5.90 Å². The zero-order valence-electron chi connectivity index (χ0n) is 13.4. The Morgan fingerprint density at radius 2 is 1.78 bits per heavy atom. The first kappa shape index (κ1) is 15.3. The van der Waals surface area contributed by atoms with Gasteiger partial charge in [-0.25, -0.2) is 4.99 Å². The summed E-state index contributed by atoms with van der Waals surface area (Å²) < 4.78 is 11.8. The SMILES string of the molecule is CN(C)CCOC1=Nc2ccccc2O/C1=C\c1ccccc1. The van der Waals surface area contributed by atoms with Crippen LogP contribution in [0.2, 0.25) is 0 Å². The minimum atomic E-state index is 0.523. The Hall–Kier alpha value is -2.59. The molecular formula is C19H20N2O2. The zero-order valence-corrected chi connectivity index (χ0v) is 13.4. The molecular weight excluding hydrogens is 288 g/mol. The lowest BCUT2D eigenvalue weighted by Crippen LogP contribution is -2.23. The van der Waals surface area contributed by atoms with Gasteiger partial charge in [0.1, 0.15) is 12.3 Å². The summed E-state index contributed by atoms with van der Waals surface area (Å²) in [6.07, 6.45) is 1.95. The lowest BCUT2D eigenvalue weighted by molar-refractivity contribution is 0.242. The molecule has 118 valence electrons. The maximum absolute atomic E-state index is 6.00. The first-order valence-corrected chi connectivity index (χ1v) is 7.62. The summed E-state index contributed by atoms with van der Waals surface area (Å²) in [5.74, 6) is 1.90. The van der Waals surface area contributed by atoms with Crippen LogP contribution in [0.25, 0.3) is 6.08 Å². The molecule has 0 aliphatic carbocycles. The minimum absolute atomic E-state index is 0.523. The number of para-hydroxylation sites is 2. The van der Waals surface area contributed by atoms with E-state index in [4.69, 9.17) is 9.47 Å². The Kier molecular flexibility index (Phi) is 4.74. The predicted molar refractivity (Wildman–Crippen MR) is 93.1 cm³/mol. The van der Waals surface area contributed by atoms with E-state index < -0.39 is 0 Å². The van der Waals surface area contributed by atoms with Gasteiger partial charge in [-0.05, 0) is 37.9 Å². The van der Waals surface area contributed by atoms with Crippen LogP contribution < -0.4 is 4.74 Å². The van der Waals surface area contributed by atoms with E-state index >= 15 is 0 Å². The van der Waals surface area contributed by atoms with E-state index in [2.05, 4.69) is 9.89 Å². The largest absolute Gasteiger partial charge is 0.474 e. The fraction of sp³-hybridized carbons (Fsp3) is 0.211. The molecule has 2 aromatic rings. The van der Waals surface area contributed by atoms with Crippen molar-refractivity contribution in [1.82, 2.24) is 4.90 Å². The van der Waals surface area contributed by atoms with Crippen LogP contribution in [0, 0.1) is 0 Å². The van der Waals surface area contributed by atoms with Crippen molar-refractivity contribution in [2.24, 2.45) is 4.99 Å². The average Bonchev–Trinajstić information content (AvgIpc) is 2.56. The summed E-state index contributed by atoms with van der Waals surface area (Å²) in [6.45, 7) is 1.38. The Morgan fingerprint density at radius 1 is 1.04 bits per heavy atom. The van der Waals surface area contributed by atoms with Crippen LogP contribution in [0.4, 0.5) is 5.69 Å². The van der Waals surface area contributed by atoms with Gasteiger partial charge in [0.2, 0.25) is 0 Å². The number of likely N-dealkylation sites (N-methyl/N-ethyl adjacent to an activating group) is 1. The summed E-state index contributed by atoms with van der Waals surface area (Å²) in [6, 6.07) is 17.7. The normalized spacial score (nSPS) is 15.1. The number of ether oxygens (including phenoxy) is 2. The first-order valence-electron chi connectivity index (χ1n) is 7.62. The molecule has 1 heterocycles. The van der Waals surface area contributed by atoms with Crippen molar-refractivity contribution in [3.8, 4) is 5.75 Å². The third kappa shape index (κ3) is 3.99. The van der Waals surface area contributed by atoms with Crippen molar-refractivity contribution in [1.29, 1.82) is 0 Å². The molecule has 0 bridgehead atoms. The van der Waals surface area contributed by atoms with Crippen LogP contribution in [0.1, 0.15) is 5.56 Å². The van der Waals surface area contributed by atoms with Gasteiger partial charge < -0.3 is 14.4 Å². The van der Waals surface area contributed by atoms with E-state index in [9.17, 15) is 0 Å². The molecule has 3 rings (SSSR count). The highest BCUT2D eigenvalue weighted by atomic mass is 16.5. The van der Waals surface area contributed by atoms with Crippen molar-refractivity contribution in [3.05, 3.63) is 65.9 Å². The van der Waals surface area contributed by atoms with Gasteiger partial charge in [-0.1, -0.05) is 42.5 Å². The summed E-state index contributed by atoms with van der Waals surface area (Å²) >= 11 is 0. The standard InChI is InChI=1S/C19H20N2O2/c1-21(2)12-13-22-19-18(14-15-8-4-3-5-9-15)23-17-11-7-6-10-16(17)20-19/h3-11,14H,12-13H2,1-2H3/b18-14-. The van der Waals surface area contributed by atoms with Gasteiger partial charge in [-0.15, -0.1) is 0 Å². The molecule has 0 saturated heterocycles. The molecule has 0 radical (unpaired) electrons. The summed E-state index contributed by atoms with van der Waals surface area (Å²) in [5, 5.41) is 0. The van der Waals surface area contributed by atoms with Crippen molar-refractivity contribution >= 4 is 17.7 Å². The Morgan fingerprint density at radius 3 is 2.57 bits per heavy atom. The van der Waals surface area contributed by atoms with Gasteiger partial charge in [-0.3, -0.25) is 0 Å². The van der Waals surface area contributed by atoms with Crippen molar-refractivity contribution in [2.75, 3.05) is 27.2 Å². The molecule has 0 spiro atoms. The van der Waals surface area contributed by atoms with Gasteiger partial charge in [0.05, 0.1) is 0 Å². The first-order chi connectivity index (χ1) is 11.2. The predicted octanol–water partition coefficient (Wildman–Crippen LogP) is 3.73. The van der Waals surface area contributed by atoms with Crippen molar-refractivity contribution in [2.45, 2.75) is 0 Å². The third-order valence-corrected chi connectivity index (χ3v) is 3.39. The number of aliphatic imine (C=N–C) groups is 1. The molecule has 1 aliphatic rings. The summed E-state index contributed by atoms with van der Waals surface area (Å²) in [7, 11) is 4.02. The number of hydrogen-bond donors (Lipinski definition) is 0. The fourth-order valence-corrected chi connectivity index (χ4v) is 2.18. The minimum Gasteiger partial charge on any atom is -0.474 e. The molecule has 2 aromatic carbocycles. The van der Waals surface area contributed by atoms with E-state index in [0.29, 0.717) is 18.3 Å². The maximum Gasteiger partial charge on any atom is 0.258 e. The second-order valence-electron chi connectivity index (χ2n) is 5.56. The molecule has 0 unspecified atom stereocenters. The van der Waals surface area contributed by atoms with Crippen LogP contribution in [-0.2, 0) is 4.74 Å². The molecule has 0 N–H and O–H groups in total. The highest BCUT2D eigenvalue weighted by Gasteiger charge is 2.20. The highest BCUT2D eigenvalue weighted by Crippen LogP contribution is 2.34. The van der Waals surface area contributed by atoms with Crippen LogP contribution in [0.5, 0.6) is 5.75 Å². The number of nitrogens with zero attached hydrogens (tertiary/aromatic N) is 2. The Labute approximate surface area is 136 Å². The lowest BCUT2D eigenvalue weighted by Gasteiger charge is -2.20. The molecule has 0 amide bonds.